The summed E-state index contributed by atoms with van der Waals surface area (Å²) in [5.74, 6) is 0.643. The lowest BCUT2D eigenvalue weighted by Crippen LogP contribution is -2.38. The Balaban J connectivity index is 2.11. The van der Waals surface area contributed by atoms with Crippen molar-refractivity contribution < 1.29 is 9.53 Å². The highest BCUT2D eigenvalue weighted by molar-refractivity contribution is 5.79. The Bertz CT molecular complexity index is 432. The molecule has 2 N–H and O–H groups in total. The van der Waals surface area contributed by atoms with Crippen LogP contribution in [-0.4, -0.2) is 39.2 Å². The molecule has 1 rings (SSSR count). The Morgan fingerprint density at radius 1 is 1.14 bits per heavy atom. The Kier molecular flexibility index (Phi) is 8.68. The van der Waals surface area contributed by atoms with Gasteiger partial charge in [-0.25, -0.2) is 0 Å². The number of carbonyl (C=O) groups excluding carboxylic acids is 1. The summed E-state index contributed by atoms with van der Waals surface area (Å²) in [5, 5.41) is 6.51. The first kappa shape index (κ1) is 17.0. The zero-order valence-electron chi connectivity index (χ0n) is 12.9. The van der Waals surface area contributed by atoms with Gasteiger partial charge in [-0.1, -0.05) is 30.3 Å². The van der Waals surface area contributed by atoms with Gasteiger partial charge in [0.1, 0.15) is 0 Å². The minimum Gasteiger partial charge on any atom is -0.469 e. The van der Waals surface area contributed by atoms with E-state index in [1.807, 2.05) is 18.2 Å². The molecule has 0 saturated heterocycles. The third-order valence-corrected chi connectivity index (χ3v) is 3.10. The molecule has 0 bridgehead atoms. The van der Waals surface area contributed by atoms with Gasteiger partial charge in [0.05, 0.1) is 7.11 Å². The van der Waals surface area contributed by atoms with E-state index in [2.05, 4.69) is 32.5 Å². The number of methoxy groups -OCH3 is 1. The van der Waals surface area contributed by atoms with Crippen LogP contribution in [0.4, 0.5) is 0 Å². The largest absolute Gasteiger partial charge is 0.469 e. The van der Waals surface area contributed by atoms with Gasteiger partial charge in [-0.2, -0.15) is 0 Å². The molecular formula is C16H25N3O2. The summed E-state index contributed by atoms with van der Waals surface area (Å²) in [4.78, 5) is 15.1. The first-order valence-electron chi connectivity index (χ1n) is 7.31. The predicted molar refractivity (Wildman–Crippen MR) is 85.4 cm³/mol. The summed E-state index contributed by atoms with van der Waals surface area (Å²) in [5.41, 5.74) is 1.30. The number of unbranched alkanes of at least 4 members (excludes halogenated alkanes) is 1. The molecule has 0 aliphatic heterocycles. The number of ether oxygens (including phenoxy) is 1. The van der Waals surface area contributed by atoms with Gasteiger partial charge in [0.2, 0.25) is 0 Å². The van der Waals surface area contributed by atoms with Crippen molar-refractivity contribution in [2.45, 2.75) is 25.7 Å². The van der Waals surface area contributed by atoms with Crippen LogP contribution in [0.25, 0.3) is 0 Å². The van der Waals surface area contributed by atoms with Gasteiger partial charge in [-0.05, 0) is 24.8 Å². The molecule has 0 heterocycles. The summed E-state index contributed by atoms with van der Waals surface area (Å²) in [6.07, 6.45) is 3.16. The Morgan fingerprint density at radius 3 is 2.52 bits per heavy atom. The van der Waals surface area contributed by atoms with Crippen LogP contribution in [0.2, 0.25) is 0 Å². The number of carbonyl (C=O) groups is 1. The highest BCUT2D eigenvalue weighted by Crippen LogP contribution is 1.98. The van der Waals surface area contributed by atoms with E-state index in [9.17, 15) is 4.79 Å². The summed E-state index contributed by atoms with van der Waals surface area (Å²) in [6, 6.07) is 10.3. The lowest BCUT2D eigenvalue weighted by atomic mass is 10.1. The van der Waals surface area contributed by atoms with Crippen molar-refractivity contribution in [3.8, 4) is 0 Å². The van der Waals surface area contributed by atoms with Crippen molar-refractivity contribution in [3.63, 3.8) is 0 Å². The topological polar surface area (TPSA) is 62.7 Å². The maximum Gasteiger partial charge on any atom is 0.305 e. The van der Waals surface area contributed by atoms with Crippen LogP contribution in [0.3, 0.4) is 0 Å². The molecule has 5 heteroatoms. The fraction of sp³-hybridized carbons (Fsp3) is 0.500. The van der Waals surface area contributed by atoms with Gasteiger partial charge in [-0.15, -0.1) is 0 Å². The number of hydrogen-bond donors (Lipinski definition) is 2. The van der Waals surface area contributed by atoms with Gasteiger partial charge < -0.3 is 15.4 Å². The second-order valence-electron chi connectivity index (χ2n) is 4.69. The van der Waals surface area contributed by atoms with Crippen LogP contribution in [0.5, 0.6) is 0 Å². The number of aliphatic imine (C=N–C) groups is 1. The third kappa shape index (κ3) is 7.97. The number of hydrogen-bond acceptors (Lipinski definition) is 3. The van der Waals surface area contributed by atoms with Gasteiger partial charge in [0, 0.05) is 26.6 Å². The molecule has 0 unspecified atom stereocenters. The molecule has 0 aliphatic rings. The molecule has 0 atom stereocenters. The molecule has 1 aromatic rings. The van der Waals surface area contributed by atoms with E-state index >= 15 is 0 Å². The number of benzene rings is 1. The lowest BCUT2D eigenvalue weighted by Gasteiger charge is -2.11. The standard InChI is InChI=1S/C16H25N3O2/c1-17-16(18-12-7-6-10-15(20)21-2)19-13-11-14-8-4-3-5-9-14/h3-5,8-9H,6-7,10-13H2,1-2H3,(H2,17,18,19). The summed E-state index contributed by atoms with van der Waals surface area (Å²) >= 11 is 0. The number of nitrogens with one attached hydrogen (secondary N) is 2. The quantitative estimate of drug-likeness (QED) is 0.331. The van der Waals surface area contributed by atoms with Crippen LogP contribution in [-0.2, 0) is 16.0 Å². The summed E-state index contributed by atoms with van der Waals surface area (Å²) < 4.78 is 4.60. The third-order valence-electron chi connectivity index (χ3n) is 3.10. The van der Waals surface area contributed by atoms with Crippen molar-refractivity contribution >= 4 is 11.9 Å². The maximum absolute atomic E-state index is 11.0. The lowest BCUT2D eigenvalue weighted by molar-refractivity contribution is -0.140. The summed E-state index contributed by atoms with van der Waals surface area (Å²) in [7, 11) is 3.17. The maximum atomic E-state index is 11.0. The molecule has 0 aromatic heterocycles. The van der Waals surface area contributed by atoms with Crippen molar-refractivity contribution in [2.75, 3.05) is 27.2 Å². The van der Waals surface area contributed by atoms with E-state index < -0.39 is 0 Å². The number of guanidine groups is 1. The van der Waals surface area contributed by atoms with E-state index in [1.165, 1.54) is 12.7 Å². The summed E-state index contributed by atoms with van der Waals surface area (Å²) in [6.45, 7) is 1.63. The zero-order valence-corrected chi connectivity index (χ0v) is 12.9. The van der Waals surface area contributed by atoms with Gasteiger partial charge in [0.15, 0.2) is 5.96 Å². The molecule has 0 saturated carbocycles. The monoisotopic (exact) mass is 291 g/mol. The Morgan fingerprint density at radius 2 is 1.86 bits per heavy atom. The van der Waals surface area contributed by atoms with E-state index in [-0.39, 0.29) is 5.97 Å². The first-order chi connectivity index (χ1) is 10.3. The number of esters is 1. The van der Waals surface area contributed by atoms with E-state index in [0.717, 1.165) is 38.3 Å². The molecule has 116 valence electrons. The highest BCUT2D eigenvalue weighted by atomic mass is 16.5. The van der Waals surface area contributed by atoms with Crippen molar-refractivity contribution in [1.82, 2.24) is 10.6 Å². The predicted octanol–water partition coefficient (Wildman–Crippen LogP) is 1.74. The van der Waals surface area contributed by atoms with Crippen LogP contribution < -0.4 is 10.6 Å². The molecular weight excluding hydrogens is 266 g/mol. The molecule has 0 aliphatic carbocycles. The Hall–Kier alpha value is -2.04. The molecule has 21 heavy (non-hydrogen) atoms. The minimum atomic E-state index is -0.152. The molecule has 5 nitrogen and oxygen atoms in total. The van der Waals surface area contributed by atoms with Crippen molar-refractivity contribution in [2.24, 2.45) is 4.99 Å². The van der Waals surface area contributed by atoms with E-state index in [1.54, 1.807) is 7.05 Å². The average molecular weight is 291 g/mol. The smallest absolute Gasteiger partial charge is 0.305 e. The second-order valence-corrected chi connectivity index (χ2v) is 4.69. The zero-order chi connectivity index (χ0) is 15.3. The van der Waals surface area contributed by atoms with Crippen LogP contribution in [0, 0.1) is 0 Å². The van der Waals surface area contributed by atoms with E-state index in [0.29, 0.717) is 6.42 Å². The van der Waals surface area contributed by atoms with Gasteiger partial charge in [0.25, 0.3) is 0 Å². The molecule has 1 aromatic carbocycles. The van der Waals surface area contributed by atoms with E-state index in [4.69, 9.17) is 0 Å². The highest BCUT2D eigenvalue weighted by Gasteiger charge is 2.00. The molecule has 0 spiro atoms. The average Bonchev–Trinajstić information content (AvgIpc) is 2.53. The fourth-order valence-electron chi connectivity index (χ4n) is 1.89. The molecule has 0 radical (unpaired) electrons. The molecule has 0 fully saturated rings. The number of nitrogens with zero attached hydrogens (tertiary/aromatic N) is 1. The van der Waals surface area contributed by atoms with Crippen molar-refractivity contribution in [3.05, 3.63) is 35.9 Å². The first-order valence-corrected chi connectivity index (χ1v) is 7.31. The normalized spacial score (nSPS) is 11.0. The fourth-order valence-corrected chi connectivity index (χ4v) is 1.89. The SMILES string of the molecule is CN=C(NCCCCC(=O)OC)NCCc1ccccc1. The van der Waals surface area contributed by atoms with Gasteiger partial charge >= 0.3 is 5.97 Å². The molecule has 0 amide bonds. The Labute approximate surface area is 126 Å². The van der Waals surface area contributed by atoms with Crippen molar-refractivity contribution in [1.29, 1.82) is 0 Å². The minimum absolute atomic E-state index is 0.152. The van der Waals surface area contributed by atoms with Gasteiger partial charge in [-0.3, -0.25) is 9.79 Å². The van der Waals surface area contributed by atoms with Crippen LogP contribution in [0.1, 0.15) is 24.8 Å². The van der Waals surface area contributed by atoms with Crippen LogP contribution >= 0.6 is 0 Å². The second kappa shape index (κ2) is 10.7. The van der Waals surface area contributed by atoms with Crippen LogP contribution in [0.15, 0.2) is 35.3 Å². The number of rotatable bonds is 8.